The second-order valence-corrected chi connectivity index (χ2v) is 5.86. The van der Waals surface area contributed by atoms with Gasteiger partial charge in [0, 0.05) is 12.6 Å². The average molecular weight is 288 g/mol. The number of hydrogen-bond donors (Lipinski definition) is 1. The van der Waals surface area contributed by atoms with Crippen molar-refractivity contribution >= 4 is 17.6 Å². The number of anilines is 1. The smallest absolute Gasteiger partial charge is 0.252 e. The fourth-order valence-electron chi connectivity index (χ4n) is 2.23. The Balaban J connectivity index is 2.15. The van der Waals surface area contributed by atoms with E-state index in [1.807, 2.05) is 20.8 Å². The Hall–Kier alpha value is -2.37. The molecule has 0 saturated carbocycles. The van der Waals surface area contributed by atoms with Gasteiger partial charge in [0.25, 0.3) is 5.91 Å². The fraction of sp³-hybridized carbons (Fsp3) is 0.400. The second-order valence-electron chi connectivity index (χ2n) is 5.86. The summed E-state index contributed by atoms with van der Waals surface area (Å²) < 4.78 is 1.74. The molecule has 1 aliphatic heterocycles. The van der Waals surface area contributed by atoms with Crippen molar-refractivity contribution in [3.63, 3.8) is 0 Å². The van der Waals surface area contributed by atoms with Crippen molar-refractivity contribution in [3.8, 4) is 0 Å². The zero-order valence-electron chi connectivity index (χ0n) is 12.5. The maximum atomic E-state index is 12.4. The van der Waals surface area contributed by atoms with Crippen LogP contribution in [0.15, 0.2) is 37.1 Å². The minimum Gasteiger partial charge on any atom is -0.320 e. The first-order valence-electron chi connectivity index (χ1n) is 6.79. The van der Waals surface area contributed by atoms with Crippen LogP contribution in [0.3, 0.4) is 0 Å². The van der Waals surface area contributed by atoms with E-state index in [1.54, 1.807) is 29.1 Å². The van der Waals surface area contributed by atoms with Crippen molar-refractivity contribution in [2.75, 3.05) is 11.9 Å². The van der Waals surface area contributed by atoms with Crippen LogP contribution in [-0.2, 0) is 15.1 Å². The molecule has 6 nitrogen and oxygen atoms in total. The molecule has 0 fully saturated rings. The van der Waals surface area contributed by atoms with E-state index in [1.165, 1.54) is 11.0 Å². The van der Waals surface area contributed by atoms with Crippen molar-refractivity contribution in [2.45, 2.75) is 32.4 Å². The highest BCUT2D eigenvalue weighted by Crippen LogP contribution is 2.20. The second kappa shape index (κ2) is 5.55. The summed E-state index contributed by atoms with van der Waals surface area (Å²) in [6.45, 7) is 9.87. The minimum atomic E-state index is -0.612. The summed E-state index contributed by atoms with van der Waals surface area (Å²) >= 11 is 0. The standard InChI is InChI=1S/C15H20N4O2/c1-5-13(20)18-10-6-7-11(18)14(21)17-12-8-9-16-19(12)15(2,3)4/h5-9,11H,1,10H2,2-4H3,(H,17,21)/t11-/m0/s1. The lowest BCUT2D eigenvalue weighted by Gasteiger charge is -2.25. The number of carbonyl (C=O) groups is 2. The summed E-state index contributed by atoms with van der Waals surface area (Å²) in [6, 6.07) is 1.13. The number of amides is 2. The zero-order chi connectivity index (χ0) is 15.6. The first kappa shape index (κ1) is 15.0. The number of rotatable bonds is 3. The molecule has 1 aliphatic rings. The van der Waals surface area contributed by atoms with Gasteiger partial charge in [0.1, 0.15) is 11.9 Å². The molecule has 0 bridgehead atoms. The van der Waals surface area contributed by atoms with Gasteiger partial charge in [0.2, 0.25) is 5.91 Å². The molecular formula is C15H20N4O2. The Morgan fingerprint density at radius 2 is 2.19 bits per heavy atom. The maximum absolute atomic E-state index is 12.4. The summed E-state index contributed by atoms with van der Waals surface area (Å²) in [5.41, 5.74) is -0.242. The van der Waals surface area contributed by atoms with Gasteiger partial charge < -0.3 is 10.2 Å². The maximum Gasteiger partial charge on any atom is 0.252 e. The van der Waals surface area contributed by atoms with Gasteiger partial charge >= 0.3 is 0 Å². The molecular weight excluding hydrogens is 268 g/mol. The van der Waals surface area contributed by atoms with E-state index in [4.69, 9.17) is 0 Å². The lowest BCUT2D eigenvalue weighted by molar-refractivity contribution is -0.131. The Bertz CT molecular complexity index is 595. The van der Waals surface area contributed by atoms with Crippen LogP contribution in [0.2, 0.25) is 0 Å². The molecule has 6 heteroatoms. The first-order chi connectivity index (χ1) is 9.84. The van der Waals surface area contributed by atoms with Gasteiger partial charge in [-0.05, 0) is 26.8 Å². The lowest BCUT2D eigenvalue weighted by Crippen LogP contribution is -2.43. The summed E-state index contributed by atoms with van der Waals surface area (Å²) in [5.74, 6) is 0.0910. The Kier molecular flexibility index (Phi) is 3.97. The van der Waals surface area contributed by atoms with Gasteiger partial charge in [-0.3, -0.25) is 9.59 Å². The number of aromatic nitrogens is 2. The Morgan fingerprint density at radius 1 is 1.48 bits per heavy atom. The third kappa shape index (κ3) is 3.04. The topological polar surface area (TPSA) is 67.2 Å². The minimum absolute atomic E-state index is 0.242. The Labute approximate surface area is 124 Å². The van der Waals surface area contributed by atoms with Gasteiger partial charge in [-0.25, -0.2) is 4.68 Å². The van der Waals surface area contributed by atoms with E-state index in [0.717, 1.165) is 0 Å². The van der Waals surface area contributed by atoms with Crippen molar-refractivity contribution in [2.24, 2.45) is 0 Å². The van der Waals surface area contributed by atoms with Gasteiger partial charge in [-0.1, -0.05) is 18.7 Å². The highest BCUT2D eigenvalue weighted by atomic mass is 16.2. The van der Waals surface area contributed by atoms with Crippen LogP contribution in [0.5, 0.6) is 0 Å². The highest BCUT2D eigenvalue weighted by Gasteiger charge is 2.30. The first-order valence-corrected chi connectivity index (χ1v) is 6.79. The van der Waals surface area contributed by atoms with E-state index in [-0.39, 0.29) is 17.4 Å². The highest BCUT2D eigenvalue weighted by molar-refractivity contribution is 6.00. The molecule has 1 aromatic rings. The van der Waals surface area contributed by atoms with Gasteiger partial charge in [-0.15, -0.1) is 0 Å². The van der Waals surface area contributed by atoms with Crippen LogP contribution in [0.4, 0.5) is 5.82 Å². The monoisotopic (exact) mass is 288 g/mol. The SMILES string of the molecule is C=CC(=O)N1CC=C[C@H]1C(=O)Nc1ccnn1C(C)(C)C. The number of nitrogens with zero attached hydrogens (tertiary/aromatic N) is 3. The lowest BCUT2D eigenvalue weighted by atomic mass is 10.1. The van der Waals surface area contributed by atoms with E-state index in [9.17, 15) is 9.59 Å². The normalized spacial score (nSPS) is 17.9. The fourth-order valence-corrected chi connectivity index (χ4v) is 2.23. The zero-order valence-corrected chi connectivity index (χ0v) is 12.5. The molecule has 21 heavy (non-hydrogen) atoms. The van der Waals surface area contributed by atoms with Crippen molar-refractivity contribution in [3.05, 3.63) is 37.1 Å². The molecule has 0 saturated heterocycles. The summed E-state index contributed by atoms with van der Waals surface area (Å²) in [7, 11) is 0. The number of nitrogens with one attached hydrogen (secondary N) is 1. The Morgan fingerprint density at radius 3 is 2.81 bits per heavy atom. The molecule has 0 aliphatic carbocycles. The van der Waals surface area contributed by atoms with Gasteiger partial charge in [0.05, 0.1) is 11.7 Å². The molecule has 2 rings (SSSR count). The van der Waals surface area contributed by atoms with Gasteiger partial charge in [-0.2, -0.15) is 5.10 Å². The molecule has 1 atom stereocenters. The molecule has 0 unspecified atom stereocenters. The van der Waals surface area contributed by atoms with Crippen LogP contribution in [0.1, 0.15) is 20.8 Å². The molecule has 0 spiro atoms. The summed E-state index contributed by atoms with van der Waals surface area (Å²) in [4.78, 5) is 25.6. The number of hydrogen-bond acceptors (Lipinski definition) is 3. The summed E-state index contributed by atoms with van der Waals surface area (Å²) in [6.07, 6.45) is 6.37. The van der Waals surface area contributed by atoms with Crippen LogP contribution in [-0.4, -0.2) is 39.1 Å². The van der Waals surface area contributed by atoms with E-state index < -0.39 is 6.04 Å². The van der Waals surface area contributed by atoms with Crippen molar-refractivity contribution in [1.82, 2.24) is 14.7 Å². The third-order valence-corrected chi connectivity index (χ3v) is 3.21. The van der Waals surface area contributed by atoms with E-state index in [2.05, 4.69) is 17.0 Å². The average Bonchev–Trinajstić information content (AvgIpc) is 3.04. The molecule has 0 radical (unpaired) electrons. The molecule has 112 valence electrons. The van der Waals surface area contributed by atoms with Crippen LogP contribution in [0, 0.1) is 0 Å². The number of carbonyl (C=O) groups excluding carboxylic acids is 2. The molecule has 0 aromatic carbocycles. The largest absolute Gasteiger partial charge is 0.320 e. The van der Waals surface area contributed by atoms with E-state index in [0.29, 0.717) is 12.4 Å². The van der Waals surface area contributed by atoms with Crippen LogP contribution < -0.4 is 5.32 Å². The quantitative estimate of drug-likeness (QED) is 0.677. The molecule has 1 aromatic heterocycles. The summed E-state index contributed by atoms with van der Waals surface area (Å²) in [5, 5.41) is 7.05. The van der Waals surface area contributed by atoms with Crippen molar-refractivity contribution in [1.29, 1.82) is 0 Å². The van der Waals surface area contributed by atoms with Crippen LogP contribution >= 0.6 is 0 Å². The molecule has 2 amide bonds. The van der Waals surface area contributed by atoms with E-state index >= 15 is 0 Å². The third-order valence-electron chi connectivity index (χ3n) is 3.21. The molecule has 2 heterocycles. The van der Waals surface area contributed by atoms with Crippen LogP contribution in [0.25, 0.3) is 0 Å². The predicted molar refractivity (Wildman–Crippen MR) is 80.7 cm³/mol. The van der Waals surface area contributed by atoms with Gasteiger partial charge in [0.15, 0.2) is 0 Å². The van der Waals surface area contributed by atoms with Crippen molar-refractivity contribution < 1.29 is 9.59 Å². The predicted octanol–water partition coefficient (Wildman–Crippen LogP) is 1.53. The molecule has 1 N–H and O–H groups in total.